The Hall–Kier alpha value is -2.47. The van der Waals surface area contributed by atoms with Crippen LogP contribution in [-0.2, 0) is 19.1 Å². The molecule has 0 aliphatic rings. The summed E-state index contributed by atoms with van der Waals surface area (Å²) in [6.07, 6.45) is -1.31. The minimum Gasteiger partial charge on any atom is -0.442 e. The van der Waals surface area contributed by atoms with E-state index in [1.807, 2.05) is 0 Å². The van der Waals surface area contributed by atoms with Crippen LogP contribution in [0.3, 0.4) is 0 Å². The molecule has 0 N–H and O–H groups in total. The van der Waals surface area contributed by atoms with Crippen molar-refractivity contribution in [1.29, 1.82) is 0 Å². The highest BCUT2D eigenvalue weighted by Crippen LogP contribution is 2.21. The van der Waals surface area contributed by atoms with Gasteiger partial charge in [-0.05, 0) is 24.3 Å². The maximum Gasteiger partial charge on any atom is 0.359 e. The van der Waals surface area contributed by atoms with E-state index >= 15 is 0 Å². The molecular weight excluding hydrogens is 364 g/mol. The van der Waals surface area contributed by atoms with Gasteiger partial charge in [0.05, 0.1) is 5.56 Å². The number of hydrogen-bond acceptors (Lipinski definition) is 5. The lowest BCUT2D eigenvalue weighted by Crippen LogP contribution is -2.23. The van der Waals surface area contributed by atoms with E-state index in [0.29, 0.717) is 5.56 Å². The molecule has 0 aromatic heterocycles. The Balaban J connectivity index is 2.23. The van der Waals surface area contributed by atoms with Crippen LogP contribution in [0.5, 0.6) is 0 Å². The molecule has 5 nitrogen and oxygen atoms in total. The largest absolute Gasteiger partial charge is 0.442 e. The van der Waals surface area contributed by atoms with Gasteiger partial charge in [0.2, 0.25) is 6.10 Å². The standard InChI is InChI=1S/C17H13BrO5/c1-11(19)22-17(21)15(12-5-3-2-4-6-12)23-16(20)13-7-9-14(18)10-8-13/h2-10,15H,1H3. The summed E-state index contributed by atoms with van der Waals surface area (Å²) in [5.41, 5.74) is 0.703. The zero-order valence-electron chi connectivity index (χ0n) is 12.2. The molecule has 0 saturated heterocycles. The number of carbonyl (C=O) groups excluding carboxylic acids is 3. The molecular formula is C17H13BrO5. The molecule has 2 rings (SSSR count). The molecule has 0 amide bonds. The predicted molar refractivity (Wildman–Crippen MR) is 85.5 cm³/mol. The SMILES string of the molecule is CC(=O)OC(=O)C(OC(=O)c1ccc(Br)cc1)c1ccccc1. The van der Waals surface area contributed by atoms with Gasteiger partial charge in [-0.25, -0.2) is 9.59 Å². The van der Waals surface area contributed by atoms with Crippen molar-refractivity contribution in [1.82, 2.24) is 0 Å². The average Bonchev–Trinajstić information content (AvgIpc) is 2.53. The van der Waals surface area contributed by atoms with Crippen LogP contribution in [0.4, 0.5) is 0 Å². The van der Waals surface area contributed by atoms with E-state index in [-0.39, 0.29) is 5.56 Å². The molecule has 0 saturated carbocycles. The van der Waals surface area contributed by atoms with Crippen molar-refractivity contribution in [3.8, 4) is 0 Å². The first-order valence-corrected chi connectivity index (χ1v) is 7.50. The lowest BCUT2D eigenvalue weighted by atomic mass is 10.1. The molecule has 2 aromatic carbocycles. The van der Waals surface area contributed by atoms with Crippen molar-refractivity contribution in [2.75, 3.05) is 0 Å². The van der Waals surface area contributed by atoms with Crippen LogP contribution in [0.25, 0.3) is 0 Å². The molecule has 6 heteroatoms. The summed E-state index contributed by atoms with van der Waals surface area (Å²) >= 11 is 3.27. The van der Waals surface area contributed by atoms with E-state index in [9.17, 15) is 14.4 Å². The Bertz CT molecular complexity index is 710. The highest BCUT2D eigenvalue weighted by Gasteiger charge is 2.28. The Morgan fingerprint density at radius 2 is 1.57 bits per heavy atom. The third-order valence-corrected chi connectivity index (χ3v) is 3.39. The van der Waals surface area contributed by atoms with E-state index in [1.54, 1.807) is 54.6 Å². The molecule has 0 aliphatic heterocycles. The lowest BCUT2D eigenvalue weighted by molar-refractivity contribution is -0.165. The summed E-state index contributed by atoms with van der Waals surface area (Å²) in [7, 11) is 0. The summed E-state index contributed by atoms with van der Waals surface area (Å²) in [4.78, 5) is 35.2. The average molecular weight is 377 g/mol. The van der Waals surface area contributed by atoms with Gasteiger partial charge in [-0.2, -0.15) is 0 Å². The van der Waals surface area contributed by atoms with E-state index in [1.165, 1.54) is 0 Å². The van der Waals surface area contributed by atoms with Gasteiger partial charge >= 0.3 is 17.9 Å². The van der Waals surface area contributed by atoms with Crippen LogP contribution >= 0.6 is 15.9 Å². The summed E-state index contributed by atoms with van der Waals surface area (Å²) in [5.74, 6) is -2.39. The molecule has 1 unspecified atom stereocenters. The molecule has 118 valence electrons. The Labute approximate surface area is 141 Å². The number of benzene rings is 2. The molecule has 0 bridgehead atoms. The predicted octanol–water partition coefficient (Wildman–Crippen LogP) is 3.44. The minimum atomic E-state index is -1.31. The molecule has 0 heterocycles. The third-order valence-electron chi connectivity index (χ3n) is 2.87. The lowest BCUT2D eigenvalue weighted by Gasteiger charge is -2.16. The second-order valence-electron chi connectivity index (χ2n) is 4.62. The molecule has 0 aliphatic carbocycles. The van der Waals surface area contributed by atoms with Crippen LogP contribution in [0, 0.1) is 0 Å². The zero-order chi connectivity index (χ0) is 16.8. The number of hydrogen-bond donors (Lipinski definition) is 0. The van der Waals surface area contributed by atoms with Crippen LogP contribution in [0.2, 0.25) is 0 Å². The highest BCUT2D eigenvalue weighted by atomic mass is 79.9. The van der Waals surface area contributed by atoms with Crippen molar-refractivity contribution in [3.05, 3.63) is 70.2 Å². The molecule has 23 heavy (non-hydrogen) atoms. The van der Waals surface area contributed by atoms with Crippen molar-refractivity contribution < 1.29 is 23.9 Å². The smallest absolute Gasteiger partial charge is 0.359 e. The topological polar surface area (TPSA) is 69.7 Å². The van der Waals surface area contributed by atoms with Gasteiger partial charge in [-0.1, -0.05) is 46.3 Å². The summed E-state index contributed by atoms with van der Waals surface area (Å²) in [6.45, 7) is 1.11. The number of carbonyl (C=O) groups is 3. The van der Waals surface area contributed by atoms with Gasteiger partial charge in [-0.15, -0.1) is 0 Å². The molecule has 1 atom stereocenters. The number of ether oxygens (including phenoxy) is 2. The summed E-state index contributed by atoms with van der Waals surface area (Å²) in [5, 5.41) is 0. The van der Waals surface area contributed by atoms with Crippen LogP contribution in [-0.4, -0.2) is 17.9 Å². The van der Waals surface area contributed by atoms with Crippen LogP contribution in [0.15, 0.2) is 59.1 Å². The van der Waals surface area contributed by atoms with E-state index in [0.717, 1.165) is 11.4 Å². The first kappa shape index (κ1) is 16.9. The van der Waals surface area contributed by atoms with Crippen molar-refractivity contribution in [2.45, 2.75) is 13.0 Å². The zero-order valence-corrected chi connectivity index (χ0v) is 13.8. The van der Waals surface area contributed by atoms with Crippen molar-refractivity contribution >= 4 is 33.8 Å². The molecule has 2 aromatic rings. The van der Waals surface area contributed by atoms with Gasteiger partial charge in [0.15, 0.2) is 0 Å². The molecule has 0 radical (unpaired) electrons. The Kier molecular flexibility index (Phi) is 5.65. The fourth-order valence-electron chi connectivity index (χ4n) is 1.84. The number of esters is 3. The third kappa shape index (κ3) is 4.75. The van der Waals surface area contributed by atoms with Crippen LogP contribution in [0.1, 0.15) is 28.9 Å². The van der Waals surface area contributed by atoms with Crippen molar-refractivity contribution in [2.24, 2.45) is 0 Å². The number of halogens is 1. The monoisotopic (exact) mass is 376 g/mol. The fraction of sp³-hybridized carbons (Fsp3) is 0.118. The molecule has 0 spiro atoms. The van der Waals surface area contributed by atoms with Gasteiger partial charge in [-0.3, -0.25) is 4.79 Å². The number of rotatable bonds is 4. The van der Waals surface area contributed by atoms with E-state index in [2.05, 4.69) is 20.7 Å². The highest BCUT2D eigenvalue weighted by molar-refractivity contribution is 9.10. The van der Waals surface area contributed by atoms with Gasteiger partial charge < -0.3 is 9.47 Å². The quantitative estimate of drug-likeness (QED) is 0.603. The van der Waals surface area contributed by atoms with E-state index in [4.69, 9.17) is 4.74 Å². The summed E-state index contributed by atoms with van der Waals surface area (Å²) in [6, 6.07) is 14.8. The van der Waals surface area contributed by atoms with Gasteiger partial charge in [0.25, 0.3) is 0 Å². The van der Waals surface area contributed by atoms with Crippen molar-refractivity contribution in [3.63, 3.8) is 0 Å². The molecule has 0 fully saturated rings. The first-order valence-electron chi connectivity index (χ1n) is 6.71. The van der Waals surface area contributed by atoms with Crippen LogP contribution < -0.4 is 0 Å². The van der Waals surface area contributed by atoms with E-state index < -0.39 is 24.0 Å². The maximum atomic E-state index is 12.2. The van der Waals surface area contributed by atoms with Gasteiger partial charge in [0.1, 0.15) is 0 Å². The second-order valence-corrected chi connectivity index (χ2v) is 5.53. The Morgan fingerprint density at radius 1 is 0.957 bits per heavy atom. The Morgan fingerprint density at radius 3 is 2.13 bits per heavy atom. The normalized spacial score (nSPS) is 11.4. The first-order chi connectivity index (χ1) is 11.0. The van der Waals surface area contributed by atoms with Gasteiger partial charge in [0, 0.05) is 17.0 Å². The fourth-order valence-corrected chi connectivity index (χ4v) is 2.10. The summed E-state index contributed by atoms with van der Waals surface area (Å²) < 4.78 is 10.6. The minimum absolute atomic E-state index is 0.282. The second kappa shape index (κ2) is 7.69. The maximum absolute atomic E-state index is 12.2.